The number of aromatic nitrogens is 1. The lowest BCUT2D eigenvalue weighted by molar-refractivity contribution is 0.0788. The highest BCUT2D eigenvalue weighted by atomic mass is 16.5. The predicted molar refractivity (Wildman–Crippen MR) is 90.9 cm³/mol. The van der Waals surface area contributed by atoms with E-state index >= 15 is 0 Å². The van der Waals surface area contributed by atoms with E-state index in [1.165, 1.54) is 0 Å². The minimum absolute atomic E-state index is 0.0172. The minimum Gasteiger partial charge on any atom is -0.383 e. The van der Waals surface area contributed by atoms with Gasteiger partial charge >= 0.3 is 6.03 Å². The molecule has 1 aromatic rings. The molecule has 1 atom stereocenters. The van der Waals surface area contributed by atoms with Crippen molar-refractivity contribution in [3.05, 3.63) is 29.6 Å². The number of nitrogens with one attached hydrogen (secondary N) is 1. The molecule has 1 N–H and O–H groups in total. The summed E-state index contributed by atoms with van der Waals surface area (Å²) in [4.78, 5) is 32.4. The molecule has 1 aliphatic heterocycles. The number of pyridine rings is 1. The number of rotatable bonds is 6. The molecule has 0 aliphatic carbocycles. The number of carbonyl (C=O) groups excluding carboxylic acids is 2. The Kier molecular flexibility index (Phi) is 6.54. The van der Waals surface area contributed by atoms with Crippen molar-refractivity contribution in [2.24, 2.45) is 0 Å². The standard InChI is InChI=1S/C17H26N4O3/c1-4-20(9-10-24-3)17(23)19-15-7-8-21(12-15)16(22)14-6-5-13(2)18-11-14/h5-6,11,15H,4,7-10,12H2,1-3H3,(H,19,23). The van der Waals surface area contributed by atoms with E-state index in [2.05, 4.69) is 10.3 Å². The Bertz CT molecular complexity index is 561. The molecule has 0 spiro atoms. The first-order valence-electron chi connectivity index (χ1n) is 8.31. The zero-order valence-corrected chi connectivity index (χ0v) is 14.6. The van der Waals surface area contributed by atoms with Gasteiger partial charge < -0.3 is 19.9 Å². The molecular weight excluding hydrogens is 308 g/mol. The van der Waals surface area contributed by atoms with Crippen molar-refractivity contribution in [3.63, 3.8) is 0 Å². The molecule has 24 heavy (non-hydrogen) atoms. The summed E-state index contributed by atoms with van der Waals surface area (Å²) in [6, 6.07) is 3.50. The van der Waals surface area contributed by atoms with Gasteiger partial charge in [-0.05, 0) is 32.4 Å². The summed E-state index contributed by atoms with van der Waals surface area (Å²) >= 11 is 0. The number of amides is 3. The van der Waals surface area contributed by atoms with Crippen molar-refractivity contribution < 1.29 is 14.3 Å². The third-order valence-electron chi connectivity index (χ3n) is 4.20. The fourth-order valence-corrected chi connectivity index (χ4v) is 2.71. The second-order valence-corrected chi connectivity index (χ2v) is 5.95. The fraction of sp³-hybridized carbons (Fsp3) is 0.588. The van der Waals surface area contributed by atoms with E-state index in [-0.39, 0.29) is 18.0 Å². The molecule has 0 saturated carbocycles. The Morgan fingerprint density at radius 2 is 2.25 bits per heavy atom. The van der Waals surface area contributed by atoms with Crippen molar-refractivity contribution in [2.75, 3.05) is 39.9 Å². The number of carbonyl (C=O) groups is 2. The van der Waals surface area contributed by atoms with Crippen LogP contribution < -0.4 is 5.32 Å². The van der Waals surface area contributed by atoms with Gasteiger partial charge in [-0.3, -0.25) is 9.78 Å². The van der Waals surface area contributed by atoms with Crippen molar-refractivity contribution in [1.29, 1.82) is 0 Å². The number of likely N-dealkylation sites (tertiary alicyclic amines) is 1. The normalized spacial score (nSPS) is 17.0. The summed E-state index contributed by atoms with van der Waals surface area (Å²) in [7, 11) is 1.62. The maximum Gasteiger partial charge on any atom is 0.317 e. The molecule has 0 aromatic carbocycles. The Morgan fingerprint density at radius 3 is 2.88 bits per heavy atom. The molecule has 3 amide bonds. The van der Waals surface area contributed by atoms with Crippen LogP contribution in [-0.2, 0) is 4.74 Å². The van der Waals surface area contributed by atoms with Crippen molar-refractivity contribution >= 4 is 11.9 Å². The smallest absolute Gasteiger partial charge is 0.317 e. The van der Waals surface area contributed by atoms with Gasteiger partial charge in [-0.15, -0.1) is 0 Å². The predicted octanol–water partition coefficient (Wildman–Crippen LogP) is 1.28. The van der Waals surface area contributed by atoms with E-state index < -0.39 is 0 Å². The maximum atomic E-state index is 12.5. The van der Waals surface area contributed by atoms with Crippen LogP contribution in [0.3, 0.4) is 0 Å². The first kappa shape index (κ1) is 18.2. The van der Waals surface area contributed by atoms with Crippen LogP contribution >= 0.6 is 0 Å². The zero-order chi connectivity index (χ0) is 17.5. The number of hydrogen-bond acceptors (Lipinski definition) is 4. The second kappa shape index (κ2) is 8.63. The number of hydrogen-bond donors (Lipinski definition) is 1. The molecule has 2 rings (SSSR count). The molecule has 1 aliphatic rings. The Morgan fingerprint density at radius 1 is 1.46 bits per heavy atom. The van der Waals surface area contributed by atoms with Gasteiger partial charge in [0.25, 0.3) is 5.91 Å². The van der Waals surface area contributed by atoms with E-state index in [0.29, 0.717) is 38.3 Å². The summed E-state index contributed by atoms with van der Waals surface area (Å²) in [5.74, 6) is -0.0361. The van der Waals surface area contributed by atoms with Crippen molar-refractivity contribution in [1.82, 2.24) is 20.1 Å². The van der Waals surface area contributed by atoms with Crippen LogP contribution in [0.15, 0.2) is 18.3 Å². The van der Waals surface area contributed by atoms with Gasteiger partial charge in [-0.1, -0.05) is 0 Å². The van der Waals surface area contributed by atoms with Gasteiger partial charge in [0.15, 0.2) is 0 Å². The van der Waals surface area contributed by atoms with Crippen molar-refractivity contribution in [2.45, 2.75) is 26.3 Å². The van der Waals surface area contributed by atoms with Gasteiger partial charge in [0.2, 0.25) is 0 Å². The molecule has 1 saturated heterocycles. The molecule has 132 valence electrons. The second-order valence-electron chi connectivity index (χ2n) is 5.95. The van der Waals surface area contributed by atoms with E-state index in [4.69, 9.17) is 4.74 Å². The monoisotopic (exact) mass is 334 g/mol. The number of methoxy groups -OCH3 is 1. The summed E-state index contributed by atoms with van der Waals surface area (Å²) < 4.78 is 5.02. The van der Waals surface area contributed by atoms with E-state index in [1.54, 1.807) is 29.2 Å². The van der Waals surface area contributed by atoms with Gasteiger partial charge in [0.1, 0.15) is 0 Å². The maximum absolute atomic E-state index is 12.5. The Labute approximate surface area is 143 Å². The summed E-state index contributed by atoms with van der Waals surface area (Å²) in [5.41, 5.74) is 1.47. The molecule has 7 nitrogen and oxygen atoms in total. The van der Waals surface area contributed by atoms with Crippen LogP contribution in [0.4, 0.5) is 4.79 Å². The number of aryl methyl sites for hydroxylation is 1. The average Bonchev–Trinajstić information content (AvgIpc) is 3.04. The summed E-state index contributed by atoms with van der Waals surface area (Å²) in [5, 5.41) is 3.01. The summed E-state index contributed by atoms with van der Waals surface area (Å²) in [6.45, 7) is 6.69. The van der Waals surface area contributed by atoms with Crippen LogP contribution in [-0.4, -0.2) is 72.7 Å². The third-order valence-corrected chi connectivity index (χ3v) is 4.20. The molecule has 1 unspecified atom stereocenters. The number of nitrogens with zero attached hydrogens (tertiary/aromatic N) is 3. The first-order valence-corrected chi connectivity index (χ1v) is 8.31. The lowest BCUT2D eigenvalue weighted by atomic mass is 10.2. The number of urea groups is 1. The average molecular weight is 334 g/mol. The Hall–Kier alpha value is -2.15. The molecule has 7 heteroatoms. The van der Waals surface area contributed by atoms with Gasteiger partial charge in [0.05, 0.1) is 12.2 Å². The largest absolute Gasteiger partial charge is 0.383 e. The summed E-state index contributed by atoms with van der Waals surface area (Å²) in [6.07, 6.45) is 2.37. The third kappa shape index (κ3) is 4.67. The molecular formula is C17H26N4O3. The van der Waals surface area contributed by atoms with Crippen LogP contribution in [0.25, 0.3) is 0 Å². The van der Waals surface area contributed by atoms with Gasteiger partial charge in [-0.25, -0.2) is 4.79 Å². The first-order chi connectivity index (χ1) is 11.5. The zero-order valence-electron chi connectivity index (χ0n) is 14.6. The quantitative estimate of drug-likeness (QED) is 0.850. The van der Waals surface area contributed by atoms with Crippen LogP contribution in [0.1, 0.15) is 29.4 Å². The molecule has 1 aromatic heterocycles. The highest BCUT2D eigenvalue weighted by Crippen LogP contribution is 2.14. The molecule has 0 radical (unpaired) electrons. The molecule has 2 heterocycles. The fourth-order valence-electron chi connectivity index (χ4n) is 2.71. The molecule has 1 fully saturated rings. The van der Waals surface area contributed by atoms with Gasteiger partial charge in [-0.2, -0.15) is 0 Å². The highest BCUT2D eigenvalue weighted by Gasteiger charge is 2.29. The lowest BCUT2D eigenvalue weighted by Gasteiger charge is -2.23. The van der Waals surface area contributed by atoms with Crippen LogP contribution in [0, 0.1) is 6.92 Å². The minimum atomic E-state index is -0.106. The number of ether oxygens (including phenoxy) is 1. The Balaban J connectivity index is 1.87. The van der Waals surface area contributed by atoms with Crippen LogP contribution in [0.5, 0.6) is 0 Å². The molecule has 0 bridgehead atoms. The van der Waals surface area contributed by atoms with E-state index in [0.717, 1.165) is 12.1 Å². The van der Waals surface area contributed by atoms with Crippen LogP contribution in [0.2, 0.25) is 0 Å². The van der Waals surface area contributed by atoms with E-state index in [1.807, 2.05) is 19.9 Å². The van der Waals surface area contributed by atoms with Gasteiger partial charge in [0, 0.05) is 51.2 Å². The van der Waals surface area contributed by atoms with Crippen molar-refractivity contribution in [3.8, 4) is 0 Å². The SMILES string of the molecule is CCN(CCOC)C(=O)NC1CCN(C(=O)c2ccc(C)nc2)C1. The highest BCUT2D eigenvalue weighted by molar-refractivity contribution is 5.94. The lowest BCUT2D eigenvalue weighted by Crippen LogP contribution is -2.47. The van der Waals surface area contributed by atoms with E-state index in [9.17, 15) is 9.59 Å². The number of likely N-dealkylation sites (N-methyl/N-ethyl adjacent to an activating group) is 1. The topological polar surface area (TPSA) is 74.8 Å².